The lowest BCUT2D eigenvalue weighted by Gasteiger charge is -2.24. The Balaban J connectivity index is 2.43. The second-order valence-electron chi connectivity index (χ2n) is 5.00. The molecule has 0 aromatic rings. The van der Waals surface area contributed by atoms with Crippen LogP contribution in [-0.4, -0.2) is 29.7 Å². The molecule has 0 bridgehead atoms. The molecule has 1 rings (SSSR count). The number of carbonyl (C=O) groups excluding carboxylic acids is 1. The van der Waals surface area contributed by atoms with Gasteiger partial charge in [0.1, 0.15) is 5.60 Å². The maximum Gasteiger partial charge on any atom is 0.410 e. The topological polar surface area (TPSA) is 29.5 Å². The Bertz CT molecular complexity index is 253. The van der Waals surface area contributed by atoms with E-state index in [1.807, 2.05) is 33.8 Å². The van der Waals surface area contributed by atoms with E-state index in [0.29, 0.717) is 5.92 Å². The normalized spacial score (nSPS) is 22.4. The number of nitrogens with zero attached hydrogens (tertiary/aromatic N) is 1. The number of carbonyl (C=O) groups is 1. The number of rotatable bonds is 1. The molecule has 0 N–H and O–H groups in total. The summed E-state index contributed by atoms with van der Waals surface area (Å²) in [6.45, 7) is 9.29. The first-order valence-electron chi connectivity index (χ1n) is 5.53. The molecule has 1 aliphatic heterocycles. The summed E-state index contributed by atoms with van der Waals surface area (Å²) in [6.07, 6.45) is 5.06. The Morgan fingerprint density at radius 1 is 1.47 bits per heavy atom. The predicted molar refractivity (Wildman–Crippen MR) is 60.7 cm³/mol. The van der Waals surface area contributed by atoms with Crippen LogP contribution in [0.25, 0.3) is 0 Å². The molecule has 3 nitrogen and oxygen atoms in total. The van der Waals surface area contributed by atoms with Gasteiger partial charge in [0.25, 0.3) is 0 Å². The summed E-state index contributed by atoms with van der Waals surface area (Å²) in [4.78, 5) is 13.5. The van der Waals surface area contributed by atoms with Gasteiger partial charge in [-0.2, -0.15) is 0 Å². The minimum absolute atomic E-state index is 0.186. The molecule has 1 amide bonds. The third-order valence-electron chi connectivity index (χ3n) is 2.34. The van der Waals surface area contributed by atoms with E-state index >= 15 is 0 Å². The fourth-order valence-corrected chi connectivity index (χ4v) is 1.71. The molecule has 1 fully saturated rings. The van der Waals surface area contributed by atoms with Crippen LogP contribution in [0.1, 0.15) is 34.1 Å². The van der Waals surface area contributed by atoms with Crippen LogP contribution in [0.15, 0.2) is 12.2 Å². The van der Waals surface area contributed by atoms with Crippen molar-refractivity contribution in [3.05, 3.63) is 12.2 Å². The Morgan fingerprint density at radius 2 is 2.13 bits per heavy atom. The third kappa shape index (κ3) is 3.94. The fourth-order valence-electron chi connectivity index (χ4n) is 1.71. The quantitative estimate of drug-likeness (QED) is 0.624. The highest BCUT2D eigenvalue weighted by Gasteiger charge is 2.28. The van der Waals surface area contributed by atoms with Crippen LogP contribution < -0.4 is 0 Å². The minimum atomic E-state index is -0.393. The molecule has 1 aliphatic rings. The Morgan fingerprint density at radius 3 is 2.67 bits per heavy atom. The van der Waals surface area contributed by atoms with Gasteiger partial charge in [0, 0.05) is 13.1 Å². The highest BCUT2D eigenvalue weighted by atomic mass is 16.6. The first-order valence-corrected chi connectivity index (χ1v) is 5.53. The molecular formula is C12H21NO2. The molecule has 86 valence electrons. The largest absolute Gasteiger partial charge is 0.444 e. The zero-order valence-electron chi connectivity index (χ0n) is 10.1. The van der Waals surface area contributed by atoms with Crippen molar-refractivity contribution >= 4 is 6.09 Å². The molecule has 3 heteroatoms. The van der Waals surface area contributed by atoms with Crippen LogP contribution in [-0.2, 0) is 4.74 Å². The van der Waals surface area contributed by atoms with Gasteiger partial charge in [-0.05, 0) is 40.0 Å². The van der Waals surface area contributed by atoms with E-state index in [2.05, 4.69) is 6.08 Å². The highest BCUT2D eigenvalue weighted by Crippen LogP contribution is 2.20. The van der Waals surface area contributed by atoms with Crippen molar-refractivity contribution < 1.29 is 9.53 Å². The minimum Gasteiger partial charge on any atom is -0.444 e. The first-order chi connectivity index (χ1) is 6.92. The summed E-state index contributed by atoms with van der Waals surface area (Å²) in [5.74, 6) is 0.502. The van der Waals surface area contributed by atoms with E-state index in [-0.39, 0.29) is 6.09 Å². The van der Waals surface area contributed by atoms with E-state index in [0.717, 1.165) is 19.5 Å². The Kier molecular flexibility index (Phi) is 3.77. The van der Waals surface area contributed by atoms with Crippen molar-refractivity contribution in [3.63, 3.8) is 0 Å². The average Bonchev–Trinajstić information content (AvgIpc) is 2.50. The van der Waals surface area contributed by atoms with Crippen molar-refractivity contribution in [2.75, 3.05) is 13.1 Å². The van der Waals surface area contributed by atoms with Gasteiger partial charge in [-0.1, -0.05) is 12.2 Å². The van der Waals surface area contributed by atoms with Crippen molar-refractivity contribution in [2.24, 2.45) is 5.92 Å². The molecule has 0 spiro atoms. The number of likely N-dealkylation sites (tertiary alicyclic amines) is 1. The zero-order valence-corrected chi connectivity index (χ0v) is 10.1. The van der Waals surface area contributed by atoms with Crippen molar-refractivity contribution in [3.8, 4) is 0 Å². The molecule has 0 saturated carbocycles. The summed E-state index contributed by atoms with van der Waals surface area (Å²) in [5.41, 5.74) is -0.393. The third-order valence-corrected chi connectivity index (χ3v) is 2.34. The number of hydrogen-bond donors (Lipinski definition) is 0. The summed E-state index contributed by atoms with van der Waals surface area (Å²) in [6, 6.07) is 0. The number of hydrogen-bond acceptors (Lipinski definition) is 2. The number of allylic oxidation sites excluding steroid dienone is 1. The van der Waals surface area contributed by atoms with E-state index in [9.17, 15) is 4.79 Å². The first kappa shape index (κ1) is 12.1. The molecule has 0 aromatic heterocycles. The van der Waals surface area contributed by atoms with E-state index in [1.165, 1.54) is 0 Å². The van der Waals surface area contributed by atoms with Crippen LogP contribution in [0.3, 0.4) is 0 Å². The second-order valence-corrected chi connectivity index (χ2v) is 5.00. The Labute approximate surface area is 92.1 Å². The SMILES string of the molecule is C/C=C/C1CCN(C(=O)OC(C)(C)C)C1. The van der Waals surface area contributed by atoms with Gasteiger partial charge in [-0.3, -0.25) is 0 Å². The summed E-state index contributed by atoms with van der Waals surface area (Å²) >= 11 is 0. The van der Waals surface area contributed by atoms with Crippen LogP contribution in [0.4, 0.5) is 4.79 Å². The van der Waals surface area contributed by atoms with Crippen molar-refractivity contribution in [1.29, 1.82) is 0 Å². The monoisotopic (exact) mass is 211 g/mol. The molecule has 1 unspecified atom stereocenters. The van der Waals surface area contributed by atoms with E-state index in [1.54, 1.807) is 4.90 Å². The molecule has 0 radical (unpaired) electrons. The van der Waals surface area contributed by atoms with Crippen LogP contribution >= 0.6 is 0 Å². The molecule has 0 aromatic carbocycles. The second kappa shape index (κ2) is 4.69. The summed E-state index contributed by atoms with van der Waals surface area (Å²) in [5, 5.41) is 0. The molecule has 0 aliphatic carbocycles. The van der Waals surface area contributed by atoms with E-state index < -0.39 is 5.60 Å². The molecule has 1 atom stereocenters. The lowest BCUT2D eigenvalue weighted by Crippen LogP contribution is -2.35. The standard InChI is InChI=1S/C12H21NO2/c1-5-6-10-7-8-13(9-10)11(14)15-12(2,3)4/h5-6,10H,7-9H2,1-4H3/b6-5+. The van der Waals surface area contributed by atoms with Crippen LogP contribution in [0, 0.1) is 5.92 Å². The number of amides is 1. The number of ether oxygens (including phenoxy) is 1. The highest BCUT2D eigenvalue weighted by molar-refractivity contribution is 5.68. The predicted octanol–water partition coefficient (Wildman–Crippen LogP) is 2.82. The van der Waals surface area contributed by atoms with Crippen molar-refractivity contribution in [1.82, 2.24) is 4.90 Å². The fraction of sp³-hybridized carbons (Fsp3) is 0.750. The van der Waals surface area contributed by atoms with Crippen LogP contribution in [0.5, 0.6) is 0 Å². The molecular weight excluding hydrogens is 190 g/mol. The summed E-state index contributed by atoms with van der Waals surface area (Å²) in [7, 11) is 0. The summed E-state index contributed by atoms with van der Waals surface area (Å²) < 4.78 is 5.31. The van der Waals surface area contributed by atoms with Gasteiger partial charge in [-0.25, -0.2) is 4.79 Å². The molecule has 1 saturated heterocycles. The van der Waals surface area contributed by atoms with E-state index in [4.69, 9.17) is 4.74 Å². The zero-order chi connectivity index (χ0) is 11.5. The van der Waals surface area contributed by atoms with Gasteiger partial charge in [-0.15, -0.1) is 0 Å². The maximum absolute atomic E-state index is 11.7. The van der Waals surface area contributed by atoms with Crippen LogP contribution in [0.2, 0.25) is 0 Å². The van der Waals surface area contributed by atoms with Gasteiger partial charge < -0.3 is 9.64 Å². The van der Waals surface area contributed by atoms with Crippen molar-refractivity contribution in [2.45, 2.75) is 39.7 Å². The molecule has 15 heavy (non-hydrogen) atoms. The smallest absolute Gasteiger partial charge is 0.410 e. The Hall–Kier alpha value is -0.990. The molecule has 1 heterocycles. The van der Waals surface area contributed by atoms with Gasteiger partial charge in [0.15, 0.2) is 0 Å². The average molecular weight is 211 g/mol. The van der Waals surface area contributed by atoms with Gasteiger partial charge >= 0.3 is 6.09 Å². The maximum atomic E-state index is 11.7. The van der Waals surface area contributed by atoms with Gasteiger partial charge in [0.2, 0.25) is 0 Å². The lowest BCUT2D eigenvalue weighted by molar-refractivity contribution is 0.0291. The lowest BCUT2D eigenvalue weighted by atomic mass is 10.1. The van der Waals surface area contributed by atoms with Gasteiger partial charge in [0.05, 0.1) is 0 Å².